The van der Waals surface area contributed by atoms with Crippen molar-refractivity contribution in [2.75, 3.05) is 19.6 Å². The van der Waals surface area contributed by atoms with Crippen LogP contribution in [0.4, 0.5) is 0 Å². The first-order chi connectivity index (χ1) is 7.76. The maximum Gasteiger partial charge on any atom is 0.101 e. The summed E-state index contributed by atoms with van der Waals surface area (Å²) in [6.07, 6.45) is 1.77. The number of hydrogen-bond donors (Lipinski definition) is 1. The highest BCUT2D eigenvalue weighted by molar-refractivity contribution is 5.00. The minimum atomic E-state index is -0.665. The molecule has 2 N–H and O–H groups in total. The van der Waals surface area contributed by atoms with Gasteiger partial charge >= 0.3 is 0 Å². The van der Waals surface area contributed by atoms with Gasteiger partial charge in [-0.2, -0.15) is 5.26 Å². The molecule has 0 aliphatic carbocycles. The average molecular weight is 239 g/mol. The molecule has 3 nitrogen and oxygen atoms in total. The van der Waals surface area contributed by atoms with Crippen LogP contribution in [0.5, 0.6) is 0 Å². The fourth-order valence-corrected chi connectivity index (χ4v) is 2.02. The summed E-state index contributed by atoms with van der Waals surface area (Å²) in [5.74, 6) is 1.38. The molecule has 0 radical (unpaired) electrons. The molecule has 0 rings (SSSR count). The molecule has 1 atom stereocenters. The average Bonchev–Trinajstić information content (AvgIpc) is 2.15. The van der Waals surface area contributed by atoms with E-state index in [0.717, 1.165) is 32.5 Å². The molecule has 0 aromatic rings. The zero-order valence-electron chi connectivity index (χ0n) is 12.2. The van der Waals surface area contributed by atoms with E-state index in [9.17, 15) is 0 Å². The highest BCUT2D eigenvalue weighted by Crippen LogP contribution is 2.10. The first-order valence-electron chi connectivity index (χ1n) is 6.69. The lowest BCUT2D eigenvalue weighted by atomic mass is 9.99. The molecule has 17 heavy (non-hydrogen) atoms. The quantitative estimate of drug-likeness (QED) is 0.708. The molecule has 0 amide bonds. The van der Waals surface area contributed by atoms with Crippen molar-refractivity contribution in [2.45, 2.75) is 53.0 Å². The molecule has 0 heterocycles. The minimum absolute atomic E-state index is 0.665. The van der Waals surface area contributed by atoms with Gasteiger partial charge in [-0.1, -0.05) is 27.7 Å². The molecule has 1 unspecified atom stereocenters. The van der Waals surface area contributed by atoms with Gasteiger partial charge < -0.3 is 10.6 Å². The molecule has 0 saturated heterocycles. The Morgan fingerprint density at radius 3 is 2.00 bits per heavy atom. The maximum absolute atomic E-state index is 8.86. The van der Waals surface area contributed by atoms with E-state index < -0.39 is 5.54 Å². The molecule has 3 heteroatoms. The summed E-state index contributed by atoms with van der Waals surface area (Å²) in [6, 6.07) is 2.16. The highest BCUT2D eigenvalue weighted by Gasteiger charge is 2.17. The summed E-state index contributed by atoms with van der Waals surface area (Å²) < 4.78 is 0. The van der Waals surface area contributed by atoms with Crippen LogP contribution in [0, 0.1) is 23.2 Å². The van der Waals surface area contributed by atoms with Crippen LogP contribution in [-0.4, -0.2) is 30.1 Å². The Bertz CT molecular complexity index is 228. The van der Waals surface area contributed by atoms with Gasteiger partial charge in [0.25, 0.3) is 0 Å². The second kappa shape index (κ2) is 7.68. The van der Waals surface area contributed by atoms with Crippen molar-refractivity contribution < 1.29 is 0 Å². The monoisotopic (exact) mass is 239 g/mol. The zero-order valence-corrected chi connectivity index (χ0v) is 12.2. The Hall–Kier alpha value is -0.590. The molecule has 0 fully saturated rings. The van der Waals surface area contributed by atoms with Gasteiger partial charge in [-0.15, -0.1) is 0 Å². The van der Waals surface area contributed by atoms with Crippen molar-refractivity contribution >= 4 is 0 Å². The van der Waals surface area contributed by atoms with Crippen molar-refractivity contribution in [3.05, 3.63) is 0 Å². The van der Waals surface area contributed by atoms with Gasteiger partial charge in [0, 0.05) is 13.1 Å². The van der Waals surface area contributed by atoms with Crippen LogP contribution in [0.25, 0.3) is 0 Å². The molecule has 0 aromatic heterocycles. The number of rotatable bonds is 8. The number of hydrogen-bond acceptors (Lipinski definition) is 3. The van der Waals surface area contributed by atoms with Crippen molar-refractivity contribution in [1.29, 1.82) is 5.26 Å². The van der Waals surface area contributed by atoms with Crippen molar-refractivity contribution in [3.8, 4) is 6.07 Å². The van der Waals surface area contributed by atoms with Gasteiger partial charge in [0.1, 0.15) is 5.54 Å². The zero-order chi connectivity index (χ0) is 13.5. The lowest BCUT2D eigenvalue weighted by Gasteiger charge is -2.27. The van der Waals surface area contributed by atoms with Gasteiger partial charge in [-0.05, 0) is 38.1 Å². The van der Waals surface area contributed by atoms with Crippen molar-refractivity contribution in [3.63, 3.8) is 0 Å². The van der Waals surface area contributed by atoms with Crippen LogP contribution in [0.2, 0.25) is 0 Å². The first-order valence-corrected chi connectivity index (χ1v) is 6.69. The molecule has 100 valence electrons. The number of nitrogens with two attached hydrogens (primary N) is 1. The van der Waals surface area contributed by atoms with Crippen LogP contribution in [0.3, 0.4) is 0 Å². The summed E-state index contributed by atoms with van der Waals surface area (Å²) in [4.78, 5) is 2.49. The van der Waals surface area contributed by atoms with E-state index >= 15 is 0 Å². The standard InChI is InChI=1S/C14H29N3/c1-12(2)9-17(10-13(3)4)8-6-7-14(5,16)11-15/h12-13H,6-10,16H2,1-5H3. The van der Waals surface area contributed by atoms with Gasteiger partial charge in [-0.3, -0.25) is 0 Å². The molecule has 0 aliphatic rings. The van der Waals surface area contributed by atoms with Crippen LogP contribution in [0.15, 0.2) is 0 Å². The second-order valence-electron chi connectivity index (χ2n) is 6.18. The predicted octanol–water partition coefficient (Wildman–Crippen LogP) is 2.62. The van der Waals surface area contributed by atoms with E-state index in [1.54, 1.807) is 0 Å². The summed E-state index contributed by atoms with van der Waals surface area (Å²) in [6.45, 7) is 14.1. The Morgan fingerprint density at radius 2 is 1.65 bits per heavy atom. The SMILES string of the molecule is CC(C)CN(CCCC(C)(N)C#N)CC(C)C. The first kappa shape index (κ1) is 16.4. The van der Waals surface area contributed by atoms with E-state index in [1.165, 1.54) is 0 Å². The van der Waals surface area contributed by atoms with Crippen LogP contribution >= 0.6 is 0 Å². The molecule has 0 bridgehead atoms. The van der Waals surface area contributed by atoms with Crippen LogP contribution < -0.4 is 5.73 Å². The molecule has 0 aliphatic heterocycles. The van der Waals surface area contributed by atoms with Crippen LogP contribution in [-0.2, 0) is 0 Å². The van der Waals surface area contributed by atoms with Gasteiger partial charge in [0.2, 0.25) is 0 Å². The Balaban J connectivity index is 4.04. The molecule has 0 spiro atoms. The highest BCUT2D eigenvalue weighted by atomic mass is 15.1. The Labute approximate surface area is 107 Å². The normalized spacial score (nSPS) is 15.3. The fraction of sp³-hybridized carbons (Fsp3) is 0.929. The summed E-state index contributed by atoms with van der Waals surface area (Å²) in [7, 11) is 0. The van der Waals surface area contributed by atoms with E-state index in [-0.39, 0.29) is 0 Å². The lowest BCUT2D eigenvalue weighted by Crippen LogP contribution is -2.37. The molecule has 0 saturated carbocycles. The topological polar surface area (TPSA) is 53.0 Å². The maximum atomic E-state index is 8.86. The van der Waals surface area contributed by atoms with Gasteiger partial charge in [-0.25, -0.2) is 0 Å². The molecular formula is C14H29N3. The third-order valence-electron chi connectivity index (χ3n) is 2.67. The van der Waals surface area contributed by atoms with Gasteiger partial charge in [0.05, 0.1) is 6.07 Å². The summed E-state index contributed by atoms with van der Waals surface area (Å²) >= 11 is 0. The van der Waals surface area contributed by atoms with E-state index in [0.29, 0.717) is 11.8 Å². The van der Waals surface area contributed by atoms with Gasteiger partial charge in [0.15, 0.2) is 0 Å². The van der Waals surface area contributed by atoms with E-state index in [2.05, 4.69) is 38.7 Å². The Morgan fingerprint density at radius 1 is 1.18 bits per heavy atom. The number of nitrogens with zero attached hydrogens (tertiary/aromatic N) is 2. The van der Waals surface area contributed by atoms with E-state index in [4.69, 9.17) is 11.0 Å². The summed E-state index contributed by atoms with van der Waals surface area (Å²) in [5.41, 5.74) is 5.16. The minimum Gasteiger partial charge on any atom is -0.314 e. The third kappa shape index (κ3) is 9.14. The van der Waals surface area contributed by atoms with Crippen molar-refractivity contribution in [2.24, 2.45) is 17.6 Å². The Kier molecular flexibility index (Phi) is 7.41. The largest absolute Gasteiger partial charge is 0.314 e. The van der Waals surface area contributed by atoms with E-state index in [1.807, 2.05) is 6.92 Å². The predicted molar refractivity (Wildman–Crippen MR) is 73.6 cm³/mol. The fourth-order valence-electron chi connectivity index (χ4n) is 2.02. The lowest BCUT2D eigenvalue weighted by molar-refractivity contribution is 0.212. The smallest absolute Gasteiger partial charge is 0.101 e. The van der Waals surface area contributed by atoms with Crippen molar-refractivity contribution in [1.82, 2.24) is 4.90 Å². The second-order valence-corrected chi connectivity index (χ2v) is 6.18. The number of nitriles is 1. The molecule has 0 aromatic carbocycles. The van der Waals surface area contributed by atoms with Crippen LogP contribution in [0.1, 0.15) is 47.5 Å². The molecular weight excluding hydrogens is 210 g/mol. The third-order valence-corrected chi connectivity index (χ3v) is 2.67. The summed E-state index contributed by atoms with van der Waals surface area (Å²) in [5, 5.41) is 8.86.